The predicted octanol–water partition coefficient (Wildman–Crippen LogP) is 6.03. The van der Waals surface area contributed by atoms with Gasteiger partial charge < -0.3 is 5.32 Å². The van der Waals surface area contributed by atoms with Crippen LogP contribution in [-0.2, 0) is 0 Å². The molecule has 126 valence electrons. The molecule has 1 unspecified atom stereocenters. The van der Waals surface area contributed by atoms with Gasteiger partial charge in [0.15, 0.2) is 0 Å². The molecule has 0 bridgehead atoms. The summed E-state index contributed by atoms with van der Waals surface area (Å²) in [5, 5.41) is 3.82. The minimum Gasteiger partial charge on any atom is -0.314 e. The Morgan fingerprint density at radius 2 is 1.57 bits per heavy atom. The Bertz CT molecular complexity index is 214. The van der Waals surface area contributed by atoms with Crippen molar-refractivity contribution in [2.45, 2.75) is 96.9 Å². The molecular weight excluding hydrogens is 274 g/mol. The SMILES string of the molecule is CCCCCCCCCC(CC1CCSCC1)NCCC. The van der Waals surface area contributed by atoms with Gasteiger partial charge >= 0.3 is 0 Å². The third-order valence-corrected chi connectivity index (χ3v) is 5.85. The zero-order valence-corrected chi connectivity index (χ0v) is 15.5. The molecule has 1 fully saturated rings. The Morgan fingerprint density at radius 3 is 2.24 bits per heavy atom. The van der Waals surface area contributed by atoms with E-state index in [9.17, 15) is 0 Å². The highest BCUT2D eigenvalue weighted by atomic mass is 32.2. The van der Waals surface area contributed by atoms with Crippen LogP contribution >= 0.6 is 11.8 Å². The van der Waals surface area contributed by atoms with Crippen molar-refractivity contribution in [2.24, 2.45) is 5.92 Å². The molecule has 1 rings (SSSR count). The molecule has 0 amide bonds. The highest BCUT2D eigenvalue weighted by Crippen LogP contribution is 2.27. The molecule has 0 spiro atoms. The minimum absolute atomic E-state index is 0.800. The van der Waals surface area contributed by atoms with Crippen LogP contribution in [0.5, 0.6) is 0 Å². The number of unbranched alkanes of at least 4 members (excludes halogenated alkanes) is 6. The number of thioether (sulfide) groups is 1. The maximum absolute atomic E-state index is 3.82. The molecule has 1 heterocycles. The summed E-state index contributed by atoms with van der Waals surface area (Å²) in [5.74, 6) is 3.82. The predicted molar refractivity (Wildman–Crippen MR) is 99.4 cm³/mol. The smallest absolute Gasteiger partial charge is 0.00697 e. The summed E-state index contributed by atoms with van der Waals surface area (Å²) in [4.78, 5) is 0. The van der Waals surface area contributed by atoms with E-state index in [0.29, 0.717) is 0 Å². The van der Waals surface area contributed by atoms with Gasteiger partial charge in [-0.1, -0.05) is 58.8 Å². The van der Waals surface area contributed by atoms with Gasteiger partial charge in [-0.15, -0.1) is 0 Å². The Morgan fingerprint density at radius 1 is 0.905 bits per heavy atom. The fraction of sp³-hybridized carbons (Fsp3) is 1.00. The lowest BCUT2D eigenvalue weighted by molar-refractivity contribution is 0.342. The van der Waals surface area contributed by atoms with Crippen LogP contribution in [0, 0.1) is 5.92 Å². The number of rotatable bonds is 13. The molecule has 0 saturated carbocycles. The molecule has 1 nitrogen and oxygen atoms in total. The maximum atomic E-state index is 3.82. The molecule has 0 aromatic carbocycles. The Balaban J connectivity index is 2.10. The van der Waals surface area contributed by atoms with E-state index in [1.807, 2.05) is 0 Å². The standard InChI is InChI=1S/C19H39NS/c1-3-5-6-7-8-9-10-11-19(20-14-4-2)17-18-12-15-21-16-13-18/h18-20H,3-17H2,1-2H3. The van der Waals surface area contributed by atoms with Crippen molar-refractivity contribution in [3.8, 4) is 0 Å². The van der Waals surface area contributed by atoms with Gasteiger partial charge in [-0.3, -0.25) is 0 Å². The first-order valence-electron chi connectivity index (χ1n) is 9.68. The molecule has 21 heavy (non-hydrogen) atoms. The summed E-state index contributed by atoms with van der Waals surface area (Å²) in [5.41, 5.74) is 0. The number of hydrogen-bond donors (Lipinski definition) is 1. The third-order valence-electron chi connectivity index (χ3n) is 4.80. The number of nitrogens with one attached hydrogen (secondary N) is 1. The average molecular weight is 314 g/mol. The van der Waals surface area contributed by atoms with Gasteiger partial charge in [0.1, 0.15) is 0 Å². The highest BCUT2D eigenvalue weighted by Gasteiger charge is 2.18. The van der Waals surface area contributed by atoms with E-state index in [2.05, 4.69) is 30.9 Å². The van der Waals surface area contributed by atoms with E-state index in [4.69, 9.17) is 0 Å². The van der Waals surface area contributed by atoms with Gasteiger partial charge in [0, 0.05) is 6.04 Å². The Hall–Kier alpha value is 0.310. The average Bonchev–Trinajstić information content (AvgIpc) is 2.52. The van der Waals surface area contributed by atoms with E-state index in [0.717, 1.165) is 12.0 Å². The minimum atomic E-state index is 0.800. The summed E-state index contributed by atoms with van der Waals surface area (Å²) in [6.45, 7) is 5.80. The molecular formula is C19H39NS. The van der Waals surface area contributed by atoms with Gasteiger partial charge in [-0.2, -0.15) is 11.8 Å². The molecule has 0 aromatic rings. The molecule has 1 aliphatic heterocycles. The Labute approximate surface area is 138 Å². The van der Waals surface area contributed by atoms with E-state index >= 15 is 0 Å². The topological polar surface area (TPSA) is 12.0 Å². The largest absolute Gasteiger partial charge is 0.314 e. The lowest BCUT2D eigenvalue weighted by atomic mass is 9.91. The normalized spacial score (nSPS) is 18.0. The first-order valence-corrected chi connectivity index (χ1v) is 10.8. The van der Waals surface area contributed by atoms with Gasteiger partial charge in [-0.05, 0) is 56.1 Å². The van der Waals surface area contributed by atoms with Gasteiger partial charge in [-0.25, -0.2) is 0 Å². The maximum Gasteiger partial charge on any atom is 0.00697 e. The van der Waals surface area contributed by atoms with E-state index in [1.165, 1.54) is 95.1 Å². The van der Waals surface area contributed by atoms with Gasteiger partial charge in [0.05, 0.1) is 0 Å². The summed E-state index contributed by atoms with van der Waals surface area (Å²) in [6.07, 6.45) is 17.1. The summed E-state index contributed by atoms with van der Waals surface area (Å²) < 4.78 is 0. The fourth-order valence-electron chi connectivity index (χ4n) is 3.38. The monoisotopic (exact) mass is 313 g/mol. The van der Waals surface area contributed by atoms with Crippen LogP contribution in [0.4, 0.5) is 0 Å². The molecule has 0 aliphatic carbocycles. The molecule has 1 atom stereocenters. The van der Waals surface area contributed by atoms with Crippen LogP contribution in [0.1, 0.15) is 90.9 Å². The number of hydrogen-bond acceptors (Lipinski definition) is 2. The first-order chi connectivity index (χ1) is 10.4. The zero-order chi connectivity index (χ0) is 15.2. The van der Waals surface area contributed by atoms with Crippen molar-refractivity contribution in [3.63, 3.8) is 0 Å². The molecule has 1 N–H and O–H groups in total. The highest BCUT2D eigenvalue weighted by molar-refractivity contribution is 7.99. The van der Waals surface area contributed by atoms with Crippen molar-refractivity contribution in [1.29, 1.82) is 0 Å². The quantitative estimate of drug-likeness (QED) is 0.417. The van der Waals surface area contributed by atoms with E-state index in [1.54, 1.807) is 0 Å². The van der Waals surface area contributed by atoms with E-state index < -0.39 is 0 Å². The van der Waals surface area contributed by atoms with E-state index in [-0.39, 0.29) is 0 Å². The van der Waals surface area contributed by atoms with Crippen LogP contribution in [0.15, 0.2) is 0 Å². The molecule has 0 radical (unpaired) electrons. The van der Waals surface area contributed by atoms with Crippen molar-refractivity contribution in [1.82, 2.24) is 5.32 Å². The van der Waals surface area contributed by atoms with Crippen molar-refractivity contribution < 1.29 is 0 Å². The van der Waals surface area contributed by atoms with Crippen molar-refractivity contribution in [3.05, 3.63) is 0 Å². The fourth-order valence-corrected chi connectivity index (χ4v) is 4.59. The van der Waals surface area contributed by atoms with Crippen LogP contribution in [-0.4, -0.2) is 24.1 Å². The molecule has 2 heteroatoms. The zero-order valence-electron chi connectivity index (χ0n) is 14.7. The molecule has 1 aliphatic rings. The summed E-state index contributed by atoms with van der Waals surface area (Å²) in [7, 11) is 0. The first kappa shape index (κ1) is 19.4. The third kappa shape index (κ3) is 10.6. The summed E-state index contributed by atoms with van der Waals surface area (Å²) in [6, 6.07) is 0.800. The lowest BCUT2D eigenvalue weighted by Crippen LogP contribution is -2.32. The second kappa shape index (κ2) is 13.9. The van der Waals surface area contributed by atoms with Gasteiger partial charge in [0.25, 0.3) is 0 Å². The molecule has 1 saturated heterocycles. The second-order valence-corrected chi connectivity index (χ2v) is 8.08. The van der Waals surface area contributed by atoms with Crippen LogP contribution in [0.2, 0.25) is 0 Å². The Kier molecular flexibility index (Phi) is 12.8. The second-order valence-electron chi connectivity index (χ2n) is 6.85. The van der Waals surface area contributed by atoms with Gasteiger partial charge in [0.2, 0.25) is 0 Å². The molecule has 0 aromatic heterocycles. The van der Waals surface area contributed by atoms with Crippen LogP contribution < -0.4 is 5.32 Å². The van der Waals surface area contributed by atoms with Crippen molar-refractivity contribution >= 4 is 11.8 Å². The lowest BCUT2D eigenvalue weighted by Gasteiger charge is -2.27. The summed E-state index contributed by atoms with van der Waals surface area (Å²) >= 11 is 2.15. The van der Waals surface area contributed by atoms with Crippen LogP contribution in [0.3, 0.4) is 0 Å². The van der Waals surface area contributed by atoms with Crippen LogP contribution in [0.25, 0.3) is 0 Å². The van der Waals surface area contributed by atoms with Crippen molar-refractivity contribution in [2.75, 3.05) is 18.1 Å².